The third-order valence-electron chi connectivity index (χ3n) is 8.49. The molecule has 2 saturated heterocycles. The number of carbonyl (C=O) groups is 3. The summed E-state index contributed by atoms with van der Waals surface area (Å²) in [6.07, 6.45) is 8.47. The Balaban J connectivity index is 1.45. The summed E-state index contributed by atoms with van der Waals surface area (Å²) in [6.45, 7) is 5.01. The zero-order chi connectivity index (χ0) is 27.3. The molecule has 2 aromatic carbocycles. The number of carbonyl (C=O) groups excluding carboxylic acids is 3. The second-order valence-corrected chi connectivity index (χ2v) is 12.2. The molecule has 8 heteroatoms. The van der Waals surface area contributed by atoms with E-state index in [1.54, 1.807) is 26.5 Å². The molecular formula is C31H33N3O4S. The number of hydrogen-bond donors (Lipinski definition) is 1. The maximum absolute atomic E-state index is 14.5. The van der Waals surface area contributed by atoms with Gasteiger partial charge < -0.3 is 19.8 Å². The predicted octanol–water partition coefficient (Wildman–Crippen LogP) is 3.49. The van der Waals surface area contributed by atoms with Crippen LogP contribution in [0, 0.1) is 25.7 Å². The van der Waals surface area contributed by atoms with Gasteiger partial charge >= 0.3 is 0 Å². The van der Waals surface area contributed by atoms with Crippen LogP contribution in [0.4, 0.5) is 11.4 Å². The summed E-state index contributed by atoms with van der Waals surface area (Å²) in [5, 5.41) is 9.42. The van der Waals surface area contributed by atoms with Crippen molar-refractivity contribution in [1.29, 1.82) is 0 Å². The quantitative estimate of drug-likeness (QED) is 0.584. The molecule has 2 aromatic rings. The van der Waals surface area contributed by atoms with Gasteiger partial charge in [0, 0.05) is 42.9 Å². The summed E-state index contributed by atoms with van der Waals surface area (Å²) in [5.41, 5.74) is 3.66. The lowest BCUT2D eigenvalue weighted by Gasteiger charge is -2.36. The van der Waals surface area contributed by atoms with E-state index in [0.717, 1.165) is 22.5 Å². The topological polar surface area (TPSA) is 81.2 Å². The SMILES string of the molecule is Cc1cccc(C)c1N1CC=C[C@]23S[C@@H]4C=CCN(c5ccccc5)C(=O)[C@@H]4[C@H]2C(=O)N(CCCO)C3C1=O. The summed E-state index contributed by atoms with van der Waals surface area (Å²) < 4.78 is -0.871. The fraction of sp³-hybridized carbons (Fsp3) is 0.387. The Hall–Kier alpha value is -3.36. The summed E-state index contributed by atoms with van der Waals surface area (Å²) in [6, 6.07) is 14.8. The Morgan fingerprint density at radius 1 is 0.897 bits per heavy atom. The van der Waals surface area contributed by atoms with Gasteiger partial charge in [-0.25, -0.2) is 0 Å². The molecule has 5 atom stereocenters. The summed E-state index contributed by atoms with van der Waals surface area (Å²) in [5.74, 6) is -1.65. The van der Waals surface area contributed by atoms with Gasteiger partial charge in [0.05, 0.1) is 16.6 Å². The Labute approximate surface area is 233 Å². The van der Waals surface area contributed by atoms with Crippen molar-refractivity contribution in [3.63, 3.8) is 0 Å². The highest BCUT2D eigenvalue weighted by Crippen LogP contribution is 2.61. The molecule has 1 N–H and O–H groups in total. The molecule has 3 amide bonds. The molecular weight excluding hydrogens is 510 g/mol. The van der Waals surface area contributed by atoms with Crippen LogP contribution < -0.4 is 9.80 Å². The summed E-state index contributed by atoms with van der Waals surface area (Å²) in [4.78, 5) is 48.2. The molecule has 4 heterocycles. The Kier molecular flexibility index (Phi) is 6.63. The molecule has 1 spiro atoms. The van der Waals surface area contributed by atoms with Gasteiger partial charge in [-0.05, 0) is 43.5 Å². The normalized spacial score (nSPS) is 29.8. The molecule has 1 unspecified atom stereocenters. The molecule has 202 valence electrons. The fourth-order valence-corrected chi connectivity index (χ4v) is 8.90. The number of nitrogens with zero attached hydrogens (tertiary/aromatic N) is 3. The fourth-order valence-electron chi connectivity index (χ4n) is 6.89. The largest absolute Gasteiger partial charge is 0.396 e. The first-order valence-corrected chi connectivity index (χ1v) is 14.4. The van der Waals surface area contributed by atoms with Crippen LogP contribution in [-0.4, -0.2) is 70.0 Å². The smallest absolute Gasteiger partial charge is 0.251 e. The van der Waals surface area contributed by atoms with Gasteiger partial charge in [-0.1, -0.05) is 60.7 Å². The van der Waals surface area contributed by atoms with Crippen molar-refractivity contribution in [2.45, 2.75) is 36.3 Å². The number of likely N-dealkylation sites (tertiary alicyclic amines) is 1. The second-order valence-electron chi connectivity index (χ2n) is 10.8. The highest BCUT2D eigenvalue weighted by Gasteiger charge is 2.71. The summed E-state index contributed by atoms with van der Waals surface area (Å²) >= 11 is 1.58. The minimum atomic E-state index is -0.871. The van der Waals surface area contributed by atoms with Gasteiger partial charge in [-0.15, -0.1) is 11.8 Å². The Bertz CT molecular complexity index is 1350. The van der Waals surface area contributed by atoms with Crippen molar-refractivity contribution in [3.05, 3.63) is 84.0 Å². The number of para-hydroxylation sites is 2. The van der Waals surface area contributed by atoms with E-state index in [2.05, 4.69) is 6.08 Å². The van der Waals surface area contributed by atoms with E-state index in [1.165, 1.54) is 0 Å². The van der Waals surface area contributed by atoms with Crippen LogP contribution in [0.15, 0.2) is 72.8 Å². The van der Waals surface area contributed by atoms with E-state index in [9.17, 15) is 19.5 Å². The van der Waals surface area contributed by atoms with Gasteiger partial charge in [0.15, 0.2) is 0 Å². The van der Waals surface area contributed by atoms with Gasteiger partial charge in [0.1, 0.15) is 6.04 Å². The van der Waals surface area contributed by atoms with Gasteiger partial charge in [-0.3, -0.25) is 14.4 Å². The van der Waals surface area contributed by atoms with Crippen molar-refractivity contribution in [2.24, 2.45) is 11.8 Å². The number of amides is 3. The number of benzene rings is 2. The maximum atomic E-state index is 14.5. The number of aliphatic hydroxyl groups excluding tert-OH is 1. The van der Waals surface area contributed by atoms with Crippen LogP contribution in [0.2, 0.25) is 0 Å². The molecule has 0 aliphatic carbocycles. The molecule has 0 aromatic heterocycles. The van der Waals surface area contributed by atoms with Gasteiger partial charge in [-0.2, -0.15) is 0 Å². The molecule has 39 heavy (non-hydrogen) atoms. The molecule has 4 aliphatic heterocycles. The average molecular weight is 544 g/mol. The van der Waals surface area contributed by atoms with Crippen LogP contribution in [-0.2, 0) is 14.4 Å². The lowest BCUT2D eigenvalue weighted by atomic mass is 9.78. The first kappa shape index (κ1) is 25.9. The van der Waals surface area contributed by atoms with E-state index >= 15 is 0 Å². The van der Waals surface area contributed by atoms with Crippen molar-refractivity contribution in [1.82, 2.24) is 4.90 Å². The third-order valence-corrected chi connectivity index (χ3v) is 10.2. The van der Waals surface area contributed by atoms with Crippen LogP contribution in [0.25, 0.3) is 0 Å². The van der Waals surface area contributed by atoms with Crippen molar-refractivity contribution in [2.75, 3.05) is 36.0 Å². The minimum Gasteiger partial charge on any atom is -0.396 e. The van der Waals surface area contributed by atoms with Gasteiger partial charge in [0.25, 0.3) is 5.91 Å². The lowest BCUT2D eigenvalue weighted by molar-refractivity contribution is -0.138. The summed E-state index contributed by atoms with van der Waals surface area (Å²) in [7, 11) is 0. The Morgan fingerprint density at radius 2 is 1.62 bits per heavy atom. The molecule has 6 rings (SSSR count). The Morgan fingerprint density at radius 3 is 2.33 bits per heavy atom. The second kappa shape index (κ2) is 9.99. The van der Waals surface area contributed by atoms with Crippen LogP contribution in [0.3, 0.4) is 0 Å². The van der Waals surface area contributed by atoms with E-state index in [-0.39, 0.29) is 36.1 Å². The molecule has 0 bridgehead atoms. The molecule has 2 fully saturated rings. The number of anilines is 2. The molecule has 7 nitrogen and oxygen atoms in total. The predicted molar refractivity (Wildman–Crippen MR) is 154 cm³/mol. The highest BCUT2D eigenvalue weighted by molar-refractivity contribution is 8.02. The van der Waals surface area contributed by atoms with Crippen molar-refractivity contribution < 1.29 is 19.5 Å². The van der Waals surface area contributed by atoms with Crippen LogP contribution >= 0.6 is 11.8 Å². The number of aliphatic hydroxyl groups is 1. The van der Waals surface area contributed by atoms with Crippen LogP contribution in [0.1, 0.15) is 17.5 Å². The average Bonchev–Trinajstić information content (AvgIpc) is 3.24. The number of aryl methyl sites for hydroxylation is 2. The zero-order valence-electron chi connectivity index (χ0n) is 22.2. The maximum Gasteiger partial charge on any atom is 0.251 e. The van der Waals surface area contributed by atoms with Crippen LogP contribution in [0.5, 0.6) is 0 Å². The lowest BCUT2D eigenvalue weighted by Crippen LogP contribution is -2.53. The number of fused-ring (bicyclic) bond motifs is 2. The standard InChI is InChI=1S/C31H33N3O4S/c1-20-10-6-11-21(2)26(20)33-17-8-15-31-25(29(37)34(18-9-19-35)27(31)30(33)38)24-23(39-31)14-7-16-32(28(24)36)22-12-4-3-5-13-22/h3-8,10-15,23-25,27,35H,9,16-19H2,1-2H3/t23-,24+,25+,27?,31+/m1/s1. The minimum absolute atomic E-state index is 0.0819. The monoisotopic (exact) mass is 543 g/mol. The molecule has 0 saturated carbocycles. The van der Waals surface area contributed by atoms with E-state index in [4.69, 9.17) is 0 Å². The van der Waals surface area contributed by atoms with E-state index in [0.29, 0.717) is 19.5 Å². The third kappa shape index (κ3) is 3.95. The number of rotatable bonds is 5. The number of thioether (sulfide) groups is 1. The first-order chi connectivity index (χ1) is 18.9. The van der Waals surface area contributed by atoms with Crippen molar-refractivity contribution >= 4 is 40.9 Å². The van der Waals surface area contributed by atoms with Gasteiger partial charge in [0.2, 0.25) is 11.8 Å². The van der Waals surface area contributed by atoms with Crippen molar-refractivity contribution in [3.8, 4) is 0 Å². The molecule has 4 aliphatic rings. The van der Waals surface area contributed by atoms with E-state index < -0.39 is 22.6 Å². The zero-order valence-corrected chi connectivity index (χ0v) is 23.0. The molecule has 0 radical (unpaired) electrons. The highest BCUT2D eigenvalue weighted by atomic mass is 32.2. The number of hydrogen-bond acceptors (Lipinski definition) is 5. The van der Waals surface area contributed by atoms with E-state index in [1.807, 2.05) is 80.6 Å². The first-order valence-electron chi connectivity index (χ1n) is 13.6.